The fourth-order valence-corrected chi connectivity index (χ4v) is 12.5. The zero-order valence-electron chi connectivity index (χ0n) is 39.8. The van der Waals surface area contributed by atoms with Gasteiger partial charge in [-0.15, -0.1) is 0 Å². The molecule has 1 heterocycles. The van der Waals surface area contributed by atoms with Crippen LogP contribution in [0.1, 0.15) is 22.3 Å². The van der Waals surface area contributed by atoms with Crippen LogP contribution in [0.4, 0.5) is 17.1 Å². The van der Waals surface area contributed by atoms with E-state index in [1.165, 1.54) is 87.6 Å². The van der Waals surface area contributed by atoms with Crippen molar-refractivity contribution in [2.45, 2.75) is 5.41 Å². The molecule has 0 spiro atoms. The monoisotopic (exact) mass is 927 g/mol. The van der Waals surface area contributed by atoms with Crippen LogP contribution in [0.15, 0.2) is 277 Å². The van der Waals surface area contributed by atoms with Crippen molar-refractivity contribution in [2.24, 2.45) is 0 Å². The molecule has 14 aromatic rings. The Morgan fingerprint density at radius 1 is 0.288 bits per heavy atom. The summed E-state index contributed by atoms with van der Waals surface area (Å²) in [7, 11) is 0. The molecular formula is C71H45NO. The van der Waals surface area contributed by atoms with Crippen LogP contribution in [0, 0.1) is 0 Å². The van der Waals surface area contributed by atoms with Crippen LogP contribution in [0.5, 0.6) is 0 Å². The fraction of sp³-hybridized carbons (Fsp3) is 0.0141. The molecular weight excluding hydrogens is 883 g/mol. The van der Waals surface area contributed by atoms with E-state index in [0.717, 1.165) is 50.1 Å². The lowest BCUT2D eigenvalue weighted by molar-refractivity contribution is 0.670. The lowest BCUT2D eigenvalue weighted by atomic mass is 9.67. The standard InChI is InChI=1S/C71H45NO/c1-4-18-46(19-5-1)47-32-35-52(36-33-47)72(53-37-40-62-61-30-16-17-31-66(61)71(67(62)44-53,50-21-6-2-7-22-50)51-23-8-3-9-24-51)54-38-41-63-65-42-48-20-10-11-25-55(48)69(70(65)73-68(63)45-54)49-34-39-60-58-28-13-12-26-56(58)57-27-14-15-29-59(57)64(60)43-49/h1-45H. The summed E-state index contributed by atoms with van der Waals surface area (Å²) in [6.07, 6.45) is 0. The van der Waals surface area contributed by atoms with Crippen molar-refractivity contribution in [1.29, 1.82) is 0 Å². The lowest BCUT2D eigenvalue weighted by Crippen LogP contribution is -2.28. The highest BCUT2D eigenvalue weighted by Gasteiger charge is 2.46. The van der Waals surface area contributed by atoms with Crippen LogP contribution in [0.25, 0.3) is 98.4 Å². The molecule has 0 unspecified atom stereocenters. The highest BCUT2D eigenvalue weighted by Crippen LogP contribution is 2.57. The molecule has 0 fully saturated rings. The largest absolute Gasteiger partial charge is 0.455 e. The summed E-state index contributed by atoms with van der Waals surface area (Å²) < 4.78 is 7.29. The molecule has 13 aromatic carbocycles. The van der Waals surface area contributed by atoms with Gasteiger partial charge in [0.25, 0.3) is 0 Å². The van der Waals surface area contributed by atoms with Gasteiger partial charge in [-0.05, 0) is 142 Å². The first-order chi connectivity index (χ1) is 36.2. The van der Waals surface area contributed by atoms with Crippen LogP contribution >= 0.6 is 0 Å². The van der Waals surface area contributed by atoms with E-state index in [9.17, 15) is 0 Å². The Labute approximate surface area is 423 Å². The first-order valence-electron chi connectivity index (χ1n) is 25.2. The average molecular weight is 928 g/mol. The minimum absolute atomic E-state index is 0.545. The zero-order valence-corrected chi connectivity index (χ0v) is 39.8. The van der Waals surface area contributed by atoms with Crippen molar-refractivity contribution in [2.75, 3.05) is 4.90 Å². The smallest absolute Gasteiger partial charge is 0.143 e. The third kappa shape index (κ3) is 6.24. The van der Waals surface area contributed by atoms with E-state index in [0.29, 0.717) is 0 Å². The van der Waals surface area contributed by atoms with E-state index in [4.69, 9.17) is 4.42 Å². The van der Waals surface area contributed by atoms with Crippen molar-refractivity contribution < 1.29 is 4.42 Å². The molecule has 1 aromatic heterocycles. The second kappa shape index (κ2) is 16.3. The normalized spacial score (nSPS) is 12.8. The van der Waals surface area contributed by atoms with Gasteiger partial charge >= 0.3 is 0 Å². The summed E-state index contributed by atoms with van der Waals surface area (Å²) in [6, 6.07) is 100. The van der Waals surface area contributed by atoms with Gasteiger partial charge in [0.1, 0.15) is 11.2 Å². The van der Waals surface area contributed by atoms with Crippen molar-refractivity contribution in [3.8, 4) is 33.4 Å². The molecule has 0 saturated carbocycles. The van der Waals surface area contributed by atoms with E-state index in [-0.39, 0.29) is 0 Å². The maximum atomic E-state index is 7.29. The summed E-state index contributed by atoms with van der Waals surface area (Å²) in [4.78, 5) is 2.40. The topological polar surface area (TPSA) is 16.4 Å². The van der Waals surface area contributed by atoms with Crippen molar-refractivity contribution in [3.63, 3.8) is 0 Å². The molecule has 2 heteroatoms. The summed E-state index contributed by atoms with van der Waals surface area (Å²) >= 11 is 0. The Kier molecular flexibility index (Phi) is 9.21. The molecule has 0 bridgehead atoms. The average Bonchev–Trinajstić information content (AvgIpc) is 3.98. The molecule has 2 nitrogen and oxygen atoms in total. The molecule has 0 radical (unpaired) electrons. The number of benzene rings is 13. The van der Waals surface area contributed by atoms with Gasteiger partial charge in [-0.25, -0.2) is 0 Å². The van der Waals surface area contributed by atoms with E-state index >= 15 is 0 Å². The van der Waals surface area contributed by atoms with Gasteiger partial charge in [-0.2, -0.15) is 0 Å². The highest BCUT2D eigenvalue weighted by molar-refractivity contribution is 6.27. The Bertz CT molecular complexity index is 4400. The van der Waals surface area contributed by atoms with Crippen molar-refractivity contribution in [1.82, 2.24) is 0 Å². The number of hydrogen-bond donors (Lipinski definition) is 0. The minimum atomic E-state index is -0.545. The van der Waals surface area contributed by atoms with Gasteiger partial charge in [0.05, 0.1) is 5.41 Å². The van der Waals surface area contributed by atoms with Gasteiger partial charge in [-0.3, -0.25) is 0 Å². The number of anilines is 3. The molecule has 15 rings (SSSR count). The SMILES string of the molecule is c1ccc(-c2ccc(N(c3ccc4c(c3)C(c3ccccc3)(c3ccccc3)c3ccccc3-4)c3ccc4c(c3)oc3c(-c5ccc6c7ccccc7c7ccccc7c6c5)c5ccccc5cc34)cc2)cc1. The predicted octanol–water partition coefficient (Wildman–Crippen LogP) is 19.4. The molecule has 1 aliphatic rings. The second-order valence-corrected chi connectivity index (χ2v) is 19.5. The van der Waals surface area contributed by atoms with E-state index in [2.05, 4.69) is 278 Å². The van der Waals surface area contributed by atoms with E-state index < -0.39 is 5.41 Å². The number of furan rings is 1. The van der Waals surface area contributed by atoms with Gasteiger partial charge < -0.3 is 9.32 Å². The van der Waals surface area contributed by atoms with Crippen molar-refractivity contribution in [3.05, 3.63) is 295 Å². The van der Waals surface area contributed by atoms with Gasteiger partial charge in [0, 0.05) is 39.5 Å². The molecule has 1 aliphatic carbocycles. The Hall–Kier alpha value is -9.50. The molecule has 0 aliphatic heterocycles. The number of hydrogen-bond acceptors (Lipinski definition) is 2. The molecule has 340 valence electrons. The number of rotatable bonds is 7. The fourth-order valence-electron chi connectivity index (χ4n) is 12.5. The van der Waals surface area contributed by atoms with Crippen molar-refractivity contribution >= 4 is 82.1 Å². The molecule has 0 amide bonds. The minimum Gasteiger partial charge on any atom is -0.455 e. The van der Waals surface area contributed by atoms with Crippen LogP contribution in [0.2, 0.25) is 0 Å². The molecule has 73 heavy (non-hydrogen) atoms. The van der Waals surface area contributed by atoms with Gasteiger partial charge in [0.15, 0.2) is 0 Å². The van der Waals surface area contributed by atoms with E-state index in [1.807, 2.05) is 0 Å². The summed E-state index contributed by atoms with van der Waals surface area (Å²) in [6.45, 7) is 0. The number of nitrogens with zero attached hydrogens (tertiary/aromatic N) is 1. The maximum absolute atomic E-state index is 7.29. The lowest BCUT2D eigenvalue weighted by Gasteiger charge is -2.35. The molecule has 0 atom stereocenters. The Morgan fingerprint density at radius 2 is 0.781 bits per heavy atom. The summed E-state index contributed by atoms with van der Waals surface area (Å²) in [5, 5.41) is 12.1. The van der Waals surface area contributed by atoms with Crippen LogP contribution < -0.4 is 4.90 Å². The van der Waals surface area contributed by atoms with Crippen LogP contribution in [0.3, 0.4) is 0 Å². The second-order valence-electron chi connectivity index (χ2n) is 19.5. The highest BCUT2D eigenvalue weighted by atomic mass is 16.3. The van der Waals surface area contributed by atoms with Crippen LogP contribution in [-0.2, 0) is 5.41 Å². The van der Waals surface area contributed by atoms with Gasteiger partial charge in [-0.1, -0.05) is 218 Å². The van der Waals surface area contributed by atoms with Gasteiger partial charge in [0.2, 0.25) is 0 Å². The Morgan fingerprint density at radius 3 is 1.48 bits per heavy atom. The third-order valence-corrected chi connectivity index (χ3v) is 15.7. The first kappa shape index (κ1) is 41.3. The molecule has 0 saturated heterocycles. The summed E-state index contributed by atoms with van der Waals surface area (Å²) in [5.74, 6) is 0. The predicted molar refractivity (Wildman–Crippen MR) is 307 cm³/mol. The quantitative estimate of drug-likeness (QED) is 0.148. The zero-order chi connectivity index (χ0) is 48.0. The Balaban J connectivity index is 0.955. The number of fused-ring (bicyclic) bond motifs is 13. The maximum Gasteiger partial charge on any atom is 0.143 e. The third-order valence-electron chi connectivity index (χ3n) is 15.7. The molecule has 0 N–H and O–H groups in total. The van der Waals surface area contributed by atoms with Crippen LogP contribution in [-0.4, -0.2) is 0 Å². The first-order valence-corrected chi connectivity index (χ1v) is 25.2. The van der Waals surface area contributed by atoms with E-state index in [1.54, 1.807) is 0 Å². The summed E-state index contributed by atoms with van der Waals surface area (Å²) in [5.41, 5.74) is 16.4.